The number of benzene rings is 3. The number of sulfone groups is 1. The molecule has 0 N–H and O–H groups in total. The van der Waals surface area contributed by atoms with Gasteiger partial charge in [-0.3, -0.25) is 0 Å². The fourth-order valence-electron chi connectivity index (χ4n) is 2.78. The van der Waals surface area contributed by atoms with Crippen molar-refractivity contribution in [2.45, 2.75) is 16.7 Å². The van der Waals surface area contributed by atoms with Gasteiger partial charge >= 0.3 is 5.97 Å². The van der Waals surface area contributed by atoms with Crippen LogP contribution in [0.25, 0.3) is 12.2 Å². The van der Waals surface area contributed by atoms with Crippen LogP contribution in [0.1, 0.15) is 18.1 Å². The predicted octanol–water partition coefficient (Wildman–Crippen LogP) is 5.19. The molecule has 0 fully saturated rings. The summed E-state index contributed by atoms with van der Waals surface area (Å²) in [6, 6.07) is 22.6. The topological polar surface area (TPSA) is 69.7 Å². The Morgan fingerprint density at radius 1 is 0.812 bits per heavy atom. The van der Waals surface area contributed by atoms with E-state index >= 15 is 0 Å². The van der Waals surface area contributed by atoms with E-state index in [4.69, 9.17) is 9.47 Å². The van der Waals surface area contributed by atoms with E-state index in [9.17, 15) is 13.2 Å². The van der Waals surface area contributed by atoms with Crippen molar-refractivity contribution in [2.75, 3.05) is 13.2 Å². The fourth-order valence-corrected chi connectivity index (χ4v) is 4.06. The molecule has 0 aromatic heterocycles. The Hall–Kier alpha value is -3.64. The van der Waals surface area contributed by atoms with Crippen molar-refractivity contribution in [2.24, 2.45) is 0 Å². The van der Waals surface area contributed by atoms with E-state index in [0.29, 0.717) is 11.3 Å². The third kappa shape index (κ3) is 6.18. The predicted molar refractivity (Wildman–Crippen MR) is 125 cm³/mol. The first-order valence-corrected chi connectivity index (χ1v) is 11.5. The highest BCUT2D eigenvalue weighted by Gasteiger charge is 2.16. The van der Waals surface area contributed by atoms with E-state index in [2.05, 4.69) is 6.58 Å². The van der Waals surface area contributed by atoms with Crippen molar-refractivity contribution in [3.05, 3.63) is 102 Å². The zero-order valence-corrected chi connectivity index (χ0v) is 18.5. The zero-order chi connectivity index (χ0) is 23.0. The highest BCUT2D eigenvalue weighted by atomic mass is 32.2. The van der Waals surface area contributed by atoms with Gasteiger partial charge in [0.1, 0.15) is 19.0 Å². The zero-order valence-electron chi connectivity index (χ0n) is 17.7. The van der Waals surface area contributed by atoms with Crippen molar-refractivity contribution in [1.82, 2.24) is 0 Å². The van der Waals surface area contributed by atoms with Crippen LogP contribution in [0.2, 0.25) is 0 Å². The van der Waals surface area contributed by atoms with Gasteiger partial charge in [-0.05, 0) is 54.4 Å². The summed E-state index contributed by atoms with van der Waals surface area (Å²) in [6.45, 7) is 5.53. The van der Waals surface area contributed by atoms with E-state index in [1.165, 1.54) is 0 Å². The van der Waals surface area contributed by atoms with Crippen LogP contribution < -0.4 is 4.74 Å². The molecular weight excluding hydrogens is 424 g/mol. The Morgan fingerprint density at radius 3 is 1.91 bits per heavy atom. The Morgan fingerprint density at radius 2 is 1.34 bits per heavy atom. The third-order valence-corrected chi connectivity index (χ3v) is 6.31. The molecule has 5 nitrogen and oxygen atoms in total. The Balaban J connectivity index is 1.56. The lowest BCUT2D eigenvalue weighted by Crippen LogP contribution is -2.12. The molecule has 0 aliphatic carbocycles. The lowest BCUT2D eigenvalue weighted by Gasteiger charge is -2.07. The quantitative estimate of drug-likeness (QED) is 0.195. The number of rotatable bonds is 9. The molecule has 32 heavy (non-hydrogen) atoms. The van der Waals surface area contributed by atoms with Gasteiger partial charge in [-0.25, -0.2) is 13.2 Å². The average Bonchev–Trinajstić information content (AvgIpc) is 2.82. The standard InChI is InChI=1S/C26H24O5S/c1-20(2)26(27)31-19-18-30-23-14-10-21(11-15-23)8-9-22-12-16-25(17-13-22)32(28,29)24-6-4-3-5-7-24/h3-17H,1,18-19H2,2H3. The summed E-state index contributed by atoms with van der Waals surface area (Å²) in [5, 5.41) is 0. The fraction of sp³-hybridized carbons (Fsp3) is 0.115. The minimum atomic E-state index is -3.52. The van der Waals surface area contributed by atoms with Crippen molar-refractivity contribution >= 4 is 28.0 Å². The highest BCUT2D eigenvalue weighted by molar-refractivity contribution is 7.91. The van der Waals surface area contributed by atoms with Gasteiger partial charge < -0.3 is 9.47 Å². The molecule has 3 rings (SSSR count). The van der Waals surface area contributed by atoms with Crippen molar-refractivity contribution in [1.29, 1.82) is 0 Å². The smallest absolute Gasteiger partial charge is 0.333 e. The molecule has 0 amide bonds. The summed E-state index contributed by atoms with van der Waals surface area (Å²) < 4.78 is 35.8. The van der Waals surface area contributed by atoms with E-state index in [0.717, 1.165) is 11.1 Å². The first-order chi connectivity index (χ1) is 15.4. The van der Waals surface area contributed by atoms with Gasteiger partial charge in [-0.2, -0.15) is 0 Å². The van der Waals surface area contributed by atoms with Crippen molar-refractivity contribution in [3.63, 3.8) is 0 Å². The molecule has 0 unspecified atom stereocenters. The van der Waals surface area contributed by atoms with Crippen LogP contribution in [0.3, 0.4) is 0 Å². The maximum Gasteiger partial charge on any atom is 0.333 e. The molecule has 0 saturated carbocycles. The molecule has 0 aliphatic rings. The molecule has 0 atom stereocenters. The summed E-state index contributed by atoms with van der Waals surface area (Å²) in [6.07, 6.45) is 3.84. The van der Waals surface area contributed by atoms with Crippen molar-refractivity contribution in [3.8, 4) is 5.75 Å². The van der Waals surface area contributed by atoms with Gasteiger partial charge in [0.2, 0.25) is 9.84 Å². The first-order valence-electron chi connectivity index (χ1n) is 10.00. The normalized spacial score (nSPS) is 11.3. The lowest BCUT2D eigenvalue weighted by atomic mass is 10.1. The summed E-state index contributed by atoms with van der Waals surface area (Å²) >= 11 is 0. The van der Waals surface area contributed by atoms with Crippen LogP contribution in [0, 0.1) is 0 Å². The number of hydrogen-bond donors (Lipinski definition) is 0. The van der Waals surface area contributed by atoms with Gasteiger partial charge in [-0.15, -0.1) is 0 Å². The lowest BCUT2D eigenvalue weighted by molar-refractivity contribution is -0.139. The molecule has 0 bridgehead atoms. The summed E-state index contributed by atoms with van der Waals surface area (Å²) in [7, 11) is -3.52. The molecule has 0 saturated heterocycles. The second-order valence-corrected chi connectivity index (χ2v) is 9.00. The molecule has 0 radical (unpaired) electrons. The Kier molecular flexibility index (Phi) is 7.63. The molecule has 164 valence electrons. The number of carbonyl (C=O) groups excluding carboxylic acids is 1. The molecule has 6 heteroatoms. The number of ether oxygens (including phenoxy) is 2. The van der Waals surface area contributed by atoms with Crippen LogP contribution in [-0.2, 0) is 19.4 Å². The van der Waals surface area contributed by atoms with Crippen LogP contribution in [0.4, 0.5) is 0 Å². The van der Waals surface area contributed by atoms with Crippen molar-refractivity contribution < 1.29 is 22.7 Å². The summed E-state index contributed by atoms with van der Waals surface area (Å²) in [5.41, 5.74) is 2.21. The first kappa shape index (κ1) is 23.0. The summed E-state index contributed by atoms with van der Waals surface area (Å²) in [5.74, 6) is 0.240. The maximum atomic E-state index is 12.7. The number of carbonyl (C=O) groups is 1. The van der Waals surface area contributed by atoms with Crippen LogP contribution in [-0.4, -0.2) is 27.6 Å². The Bertz CT molecular complexity index is 1190. The third-order valence-electron chi connectivity index (χ3n) is 4.53. The molecule has 0 spiro atoms. The minimum absolute atomic E-state index is 0.156. The second kappa shape index (κ2) is 10.6. The van der Waals surface area contributed by atoms with E-state index in [1.54, 1.807) is 61.5 Å². The van der Waals surface area contributed by atoms with E-state index in [-0.39, 0.29) is 23.0 Å². The van der Waals surface area contributed by atoms with Crippen LogP contribution in [0.15, 0.2) is 101 Å². The van der Waals surface area contributed by atoms with Crippen LogP contribution in [0.5, 0.6) is 5.75 Å². The second-order valence-electron chi connectivity index (χ2n) is 7.05. The van der Waals surface area contributed by atoms with Gasteiger partial charge in [-0.1, -0.05) is 61.2 Å². The molecule has 0 aliphatic heterocycles. The van der Waals surface area contributed by atoms with Gasteiger partial charge in [0.05, 0.1) is 9.79 Å². The monoisotopic (exact) mass is 448 g/mol. The van der Waals surface area contributed by atoms with Gasteiger partial charge in [0.25, 0.3) is 0 Å². The average molecular weight is 449 g/mol. The Labute approximate surface area is 188 Å². The molecule has 0 heterocycles. The minimum Gasteiger partial charge on any atom is -0.490 e. The SMILES string of the molecule is C=C(C)C(=O)OCCOc1ccc(C=Cc2ccc(S(=O)(=O)c3ccccc3)cc2)cc1. The number of hydrogen-bond acceptors (Lipinski definition) is 5. The molecular formula is C26H24O5S. The van der Waals surface area contributed by atoms with E-state index in [1.807, 2.05) is 36.4 Å². The van der Waals surface area contributed by atoms with Gasteiger partial charge in [0, 0.05) is 5.57 Å². The molecule has 3 aromatic carbocycles. The highest BCUT2D eigenvalue weighted by Crippen LogP contribution is 2.21. The molecule has 3 aromatic rings. The van der Waals surface area contributed by atoms with Gasteiger partial charge in [0.15, 0.2) is 0 Å². The van der Waals surface area contributed by atoms with E-state index < -0.39 is 15.8 Å². The maximum absolute atomic E-state index is 12.7. The largest absolute Gasteiger partial charge is 0.490 e. The number of esters is 1. The van der Waals surface area contributed by atoms with Crippen LogP contribution >= 0.6 is 0 Å². The summed E-state index contributed by atoms with van der Waals surface area (Å²) in [4.78, 5) is 11.8.